The van der Waals surface area contributed by atoms with Crippen LogP contribution in [0.1, 0.15) is 0 Å². The summed E-state index contributed by atoms with van der Waals surface area (Å²) in [4.78, 5) is 23.4. The number of primary sulfonamides is 1. The van der Waals surface area contributed by atoms with E-state index in [9.17, 15) is 13.2 Å². The van der Waals surface area contributed by atoms with E-state index in [2.05, 4.69) is 30.5 Å². The number of guanidine groups is 2. The smallest absolute Gasteiger partial charge is 0.267 e. The van der Waals surface area contributed by atoms with Crippen LogP contribution < -0.4 is 16.2 Å². The van der Waals surface area contributed by atoms with Gasteiger partial charge in [0.05, 0.1) is 10.6 Å². The summed E-state index contributed by atoms with van der Waals surface area (Å²) in [6, 6.07) is 4.54. The number of nitrogens with zero attached hydrogens (tertiary/aromatic N) is 5. The van der Waals surface area contributed by atoms with Crippen molar-refractivity contribution in [1.29, 1.82) is 0 Å². The van der Waals surface area contributed by atoms with Crippen LogP contribution in [-0.2, 0) is 14.8 Å². The van der Waals surface area contributed by atoms with Crippen molar-refractivity contribution in [2.45, 2.75) is 10.9 Å². The van der Waals surface area contributed by atoms with E-state index >= 15 is 0 Å². The van der Waals surface area contributed by atoms with E-state index in [-0.39, 0.29) is 22.7 Å². The Bertz CT molecular complexity index is 898. The first kappa shape index (κ1) is 14.9. The molecule has 0 bridgehead atoms. The van der Waals surface area contributed by atoms with Crippen LogP contribution in [0.15, 0.2) is 54.4 Å². The number of benzene rings is 1. The number of carbonyl (C=O) groups excluding carboxylic acids is 1. The predicted octanol–water partition coefficient (Wildman–Crippen LogP) is -1.00. The summed E-state index contributed by atoms with van der Waals surface area (Å²) in [6.07, 6.45) is 0. The molecule has 2 aliphatic heterocycles. The average Bonchev–Trinajstić information content (AvgIpc) is 2.88. The number of azo groups is 1. The van der Waals surface area contributed by atoms with Crippen molar-refractivity contribution in [1.82, 2.24) is 5.32 Å². The molecule has 0 fully saturated rings. The minimum atomic E-state index is -3.76. The highest BCUT2D eigenvalue weighted by Gasteiger charge is 2.33. The number of rotatable bonds is 2. The van der Waals surface area contributed by atoms with Crippen molar-refractivity contribution in [3.8, 4) is 0 Å². The van der Waals surface area contributed by atoms with E-state index in [0.717, 1.165) is 0 Å². The molecule has 23 heavy (non-hydrogen) atoms. The topological polar surface area (TPSA) is 177 Å². The van der Waals surface area contributed by atoms with Crippen LogP contribution in [0.25, 0.3) is 0 Å². The quantitative estimate of drug-likeness (QED) is 0.588. The second kappa shape index (κ2) is 5.33. The van der Waals surface area contributed by atoms with Gasteiger partial charge in [-0.15, -0.1) is 10.2 Å². The van der Waals surface area contributed by atoms with Crippen molar-refractivity contribution in [3.05, 3.63) is 24.3 Å². The number of nitrogens with one attached hydrogen (secondary N) is 1. The molecule has 1 unspecified atom stereocenters. The largest absolute Gasteiger partial charge is 0.369 e. The first-order valence-electron chi connectivity index (χ1n) is 6.19. The number of carbonyl (C=O) groups is 1. The number of hydrogen-bond acceptors (Lipinski definition) is 9. The molecule has 12 heteroatoms. The molecule has 1 aromatic rings. The Morgan fingerprint density at radius 1 is 1.13 bits per heavy atom. The van der Waals surface area contributed by atoms with Crippen LogP contribution in [0.5, 0.6) is 0 Å². The summed E-state index contributed by atoms with van der Waals surface area (Å²) in [7, 11) is -3.76. The molecule has 0 radical (unpaired) electrons. The Balaban J connectivity index is 1.79. The first-order chi connectivity index (χ1) is 10.8. The molecule has 11 nitrogen and oxygen atoms in total. The maximum atomic E-state index is 11.6. The van der Waals surface area contributed by atoms with Gasteiger partial charge in [0.25, 0.3) is 11.9 Å². The normalized spacial score (nSPS) is 20.7. The molecule has 2 aliphatic rings. The molecule has 1 atom stereocenters. The highest BCUT2D eigenvalue weighted by molar-refractivity contribution is 7.89. The number of sulfonamides is 1. The van der Waals surface area contributed by atoms with E-state index < -0.39 is 22.0 Å². The molecule has 2 heterocycles. The average molecular weight is 334 g/mol. The van der Waals surface area contributed by atoms with Crippen LogP contribution >= 0.6 is 0 Å². The lowest BCUT2D eigenvalue weighted by Crippen LogP contribution is -2.49. The highest BCUT2D eigenvalue weighted by Crippen LogP contribution is 2.17. The summed E-state index contributed by atoms with van der Waals surface area (Å²) < 4.78 is 22.3. The lowest BCUT2D eigenvalue weighted by molar-refractivity contribution is -0.119. The summed E-state index contributed by atoms with van der Waals surface area (Å²) >= 11 is 0. The van der Waals surface area contributed by atoms with Crippen LogP contribution in [0.4, 0.5) is 5.69 Å². The van der Waals surface area contributed by atoms with E-state index in [1.807, 2.05) is 0 Å². The number of fused-ring (bicyclic) bond motifs is 1. The molecule has 0 aromatic heterocycles. The fraction of sp³-hybridized carbons (Fsp3) is 0.0909. The van der Waals surface area contributed by atoms with Gasteiger partial charge in [-0.1, -0.05) is 0 Å². The van der Waals surface area contributed by atoms with Gasteiger partial charge < -0.3 is 5.73 Å². The summed E-state index contributed by atoms with van der Waals surface area (Å²) in [5.74, 6) is -0.394. The van der Waals surface area contributed by atoms with E-state index in [0.29, 0.717) is 5.69 Å². The van der Waals surface area contributed by atoms with Crippen LogP contribution in [0.2, 0.25) is 0 Å². The van der Waals surface area contributed by atoms with Gasteiger partial charge in [0.2, 0.25) is 16.0 Å². The van der Waals surface area contributed by atoms with Gasteiger partial charge in [-0.2, -0.15) is 9.98 Å². The number of nitrogens with two attached hydrogens (primary N) is 2. The summed E-state index contributed by atoms with van der Waals surface area (Å²) in [5, 5.41) is 15.0. The van der Waals surface area contributed by atoms with Crippen molar-refractivity contribution in [3.63, 3.8) is 0 Å². The minimum absolute atomic E-state index is 0.0332. The molecule has 0 aliphatic carbocycles. The third-order valence-corrected chi connectivity index (χ3v) is 3.79. The lowest BCUT2D eigenvalue weighted by atomic mass is 10.2. The molecule has 0 saturated heterocycles. The van der Waals surface area contributed by atoms with Gasteiger partial charge in [0.15, 0.2) is 11.9 Å². The van der Waals surface area contributed by atoms with Crippen LogP contribution in [0, 0.1) is 0 Å². The maximum Gasteiger partial charge on any atom is 0.267 e. The number of hydrogen-bond donors (Lipinski definition) is 3. The monoisotopic (exact) mass is 334 g/mol. The lowest BCUT2D eigenvalue weighted by Gasteiger charge is -2.13. The van der Waals surface area contributed by atoms with Gasteiger partial charge in [-0.25, -0.2) is 18.5 Å². The third kappa shape index (κ3) is 3.12. The summed E-state index contributed by atoms with van der Waals surface area (Å²) in [5.41, 5.74) is 5.78. The zero-order valence-electron chi connectivity index (χ0n) is 11.4. The first-order valence-corrected chi connectivity index (χ1v) is 7.73. The van der Waals surface area contributed by atoms with Gasteiger partial charge in [-0.05, 0) is 24.3 Å². The zero-order chi connectivity index (χ0) is 16.6. The molecular formula is C11H10N8O3S. The Morgan fingerprint density at radius 2 is 1.83 bits per heavy atom. The van der Waals surface area contributed by atoms with Crippen molar-refractivity contribution < 1.29 is 13.2 Å². The van der Waals surface area contributed by atoms with Gasteiger partial charge in [0.1, 0.15) is 0 Å². The fourth-order valence-electron chi connectivity index (χ4n) is 1.83. The maximum absolute atomic E-state index is 11.6. The Morgan fingerprint density at radius 3 is 2.48 bits per heavy atom. The number of aliphatic imine (C=N–C) groups is 3. The van der Waals surface area contributed by atoms with E-state index in [4.69, 9.17) is 10.9 Å². The molecule has 5 N–H and O–H groups in total. The van der Waals surface area contributed by atoms with Crippen LogP contribution in [0.3, 0.4) is 0 Å². The van der Waals surface area contributed by atoms with Crippen molar-refractivity contribution >= 4 is 39.4 Å². The minimum Gasteiger partial charge on any atom is -0.369 e. The Kier molecular flexibility index (Phi) is 3.46. The zero-order valence-corrected chi connectivity index (χ0v) is 12.2. The molecule has 0 spiro atoms. The molecule has 0 saturated carbocycles. The SMILES string of the molecule is NC1=NC2=NC(N=Nc3ccc(S(N)(=O)=O)cc3)=NC2C(=O)N1. The predicted molar refractivity (Wildman–Crippen MR) is 80.8 cm³/mol. The summed E-state index contributed by atoms with van der Waals surface area (Å²) in [6.45, 7) is 0. The molecule has 118 valence electrons. The highest BCUT2D eigenvalue weighted by atomic mass is 32.2. The molecule has 1 aromatic carbocycles. The fourth-order valence-corrected chi connectivity index (χ4v) is 2.34. The number of amides is 1. The van der Waals surface area contributed by atoms with E-state index in [1.165, 1.54) is 24.3 Å². The molecule has 3 rings (SSSR count). The number of amidine groups is 1. The Labute approximate surface area is 130 Å². The van der Waals surface area contributed by atoms with E-state index in [1.54, 1.807) is 0 Å². The van der Waals surface area contributed by atoms with Gasteiger partial charge >= 0.3 is 0 Å². The third-order valence-electron chi connectivity index (χ3n) is 2.86. The second-order valence-corrected chi connectivity index (χ2v) is 6.09. The Hall–Kier alpha value is -2.99. The van der Waals surface area contributed by atoms with Gasteiger partial charge in [0, 0.05) is 0 Å². The van der Waals surface area contributed by atoms with Crippen molar-refractivity contribution in [2.75, 3.05) is 0 Å². The molecular weight excluding hydrogens is 324 g/mol. The van der Waals surface area contributed by atoms with Crippen LogP contribution in [-0.4, -0.2) is 38.1 Å². The standard InChI is InChI=1S/C11H10N8O3S/c12-10-15-8-7(9(20)17-10)14-11(16-8)19-18-5-1-3-6(4-2-5)23(13,21)22/h1-4,7H,(H2,13,21,22)(H3,12,14,15,16,17,20). The van der Waals surface area contributed by atoms with Gasteiger partial charge in [-0.3, -0.25) is 10.1 Å². The van der Waals surface area contributed by atoms with Crippen molar-refractivity contribution in [2.24, 2.45) is 36.1 Å². The second-order valence-electron chi connectivity index (χ2n) is 4.53. The molecule has 1 amide bonds.